The number of ether oxygens (including phenoxy) is 2. The fourth-order valence-corrected chi connectivity index (χ4v) is 4.59. The molecule has 0 heterocycles. The Hall–Kier alpha value is -3.14. The Bertz CT molecular complexity index is 1160. The highest BCUT2D eigenvalue weighted by Gasteiger charge is 2.31. The Labute approximate surface area is 195 Å². The van der Waals surface area contributed by atoms with Crippen molar-refractivity contribution >= 4 is 22.7 Å². The van der Waals surface area contributed by atoms with Crippen LogP contribution in [-0.4, -0.2) is 11.9 Å². The van der Waals surface area contributed by atoms with E-state index in [1.807, 2.05) is 6.07 Å². The second-order valence-corrected chi connectivity index (χ2v) is 8.73. The second kappa shape index (κ2) is 10.2. The number of hydrogen-bond donors (Lipinski definition) is 0. The molecule has 0 saturated carbocycles. The molecule has 33 heavy (non-hydrogen) atoms. The Morgan fingerprint density at radius 3 is 1.97 bits per heavy atom. The van der Waals surface area contributed by atoms with Crippen molar-refractivity contribution in [1.29, 1.82) is 0 Å². The molecule has 0 bridgehead atoms. The van der Waals surface area contributed by atoms with Crippen molar-refractivity contribution in [3.63, 3.8) is 0 Å². The van der Waals surface area contributed by atoms with Crippen molar-refractivity contribution in [3.05, 3.63) is 71.3 Å². The van der Waals surface area contributed by atoms with Crippen molar-refractivity contribution in [2.24, 2.45) is 0 Å². The van der Waals surface area contributed by atoms with E-state index in [9.17, 15) is 9.59 Å². The minimum Gasteiger partial charge on any atom is -0.457 e. The van der Waals surface area contributed by atoms with Crippen LogP contribution in [0.1, 0.15) is 81.8 Å². The summed E-state index contributed by atoms with van der Waals surface area (Å²) in [5.41, 5.74) is 5.41. The van der Waals surface area contributed by atoms with Gasteiger partial charge in [-0.15, -0.1) is 0 Å². The average Bonchev–Trinajstić information content (AvgIpc) is 2.84. The Morgan fingerprint density at radius 1 is 0.727 bits per heavy atom. The average molecular weight is 445 g/mol. The standard InChI is InChI=1S/C29H32O4/c1-4-7-19-8-9-21-17-22(11-10-20(21)16-19)23-12-13-24-25(18-23)27(33-29(31)6-3)15-14-26(24)32-28(30)5-2/h8-13,16-18,26-27H,4-7,14-15H2,1-3H3. The molecule has 172 valence electrons. The van der Waals surface area contributed by atoms with E-state index in [0.717, 1.165) is 35.1 Å². The van der Waals surface area contributed by atoms with E-state index in [1.54, 1.807) is 13.8 Å². The van der Waals surface area contributed by atoms with Crippen LogP contribution >= 0.6 is 0 Å². The molecule has 1 aliphatic rings. The number of fused-ring (bicyclic) bond motifs is 2. The van der Waals surface area contributed by atoms with Gasteiger partial charge in [-0.2, -0.15) is 0 Å². The zero-order valence-electron chi connectivity index (χ0n) is 19.7. The SMILES string of the molecule is CCCc1ccc2cc(-c3ccc4c(c3)C(OC(=O)CC)CCC4OC(=O)CC)ccc2c1. The van der Waals surface area contributed by atoms with E-state index in [1.165, 1.54) is 16.3 Å². The maximum absolute atomic E-state index is 12.1. The molecule has 0 radical (unpaired) electrons. The van der Waals surface area contributed by atoms with E-state index in [4.69, 9.17) is 9.47 Å². The topological polar surface area (TPSA) is 52.6 Å². The summed E-state index contributed by atoms with van der Waals surface area (Å²) in [6, 6.07) is 19.4. The van der Waals surface area contributed by atoms with Crippen LogP contribution < -0.4 is 0 Å². The van der Waals surface area contributed by atoms with Crippen LogP contribution in [0.25, 0.3) is 21.9 Å². The van der Waals surface area contributed by atoms with Crippen molar-refractivity contribution < 1.29 is 19.1 Å². The summed E-state index contributed by atoms with van der Waals surface area (Å²) in [6.07, 6.45) is 3.58. The minimum atomic E-state index is -0.318. The number of rotatable bonds is 7. The van der Waals surface area contributed by atoms with Crippen molar-refractivity contribution in [2.45, 2.75) is 71.5 Å². The third-order valence-electron chi connectivity index (χ3n) is 6.37. The first kappa shape index (κ1) is 23.0. The predicted octanol–water partition coefficient (Wildman–Crippen LogP) is 7.24. The van der Waals surface area contributed by atoms with Gasteiger partial charge in [-0.1, -0.05) is 69.7 Å². The molecule has 3 aromatic carbocycles. The van der Waals surface area contributed by atoms with Gasteiger partial charge in [0.15, 0.2) is 0 Å². The van der Waals surface area contributed by atoms with Gasteiger partial charge in [0.1, 0.15) is 12.2 Å². The summed E-state index contributed by atoms with van der Waals surface area (Å²) < 4.78 is 11.5. The molecule has 3 aromatic rings. The first-order chi connectivity index (χ1) is 16.0. The highest BCUT2D eigenvalue weighted by Crippen LogP contribution is 2.42. The minimum absolute atomic E-state index is 0.212. The van der Waals surface area contributed by atoms with Gasteiger partial charge in [0.2, 0.25) is 0 Å². The summed E-state index contributed by atoms with van der Waals surface area (Å²) in [6.45, 7) is 5.80. The molecule has 0 N–H and O–H groups in total. The number of aryl methyl sites for hydroxylation is 1. The molecule has 0 aliphatic heterocycles. The van der Waals surface area contributed by atoms with E-state index in [2.05, 4.69) is 55.5 Å². The summed E-state index contributed by atoms with van der Waals surface area (Å²) in [7, 11) is 0. The largest absolute Gasteiger partial charge is 0.457 e. The lowest BCUT2D eigenvalue weighted by molar-refractivity contribution is -0.155. The molecule has 4 nitrogen and oxygen atoms in total. The normalized spacial score (nSPS) is 17.4. The lowest BCUT2D eigenvalue weighted by Crippen LogP contribution is -2.22. The molecule has 0 amide bonds. The van der Waals surface area contributed by atoms with Gasteiger partial charge in [-0.3, -0.25) is 9.59 Å². The Morgan fingerprint density at radius 2 is 1.30 bits per heavy atom. The molecule has 0 aromatic heterocycles. The number of esters is 2. The van der Waals surface area contributed by atoms with Crippen LogP contribution in [0.3, 0.4) is 0 Å². The fourth-order valence-electron chi connectivity index (χ4n) is 4.59. The lowest BCUT2D eigenvalue weighted by atomic mass is 9.85. The van der Waals surface area contributed by atoms with Crippen LogP contribution in [0, 0.1) is 0 Å². The van der Waals surface area contributed by atoms with Gasteiger partial charge >= 0.3 is 11.9 Å². The summed E-state index contributed by atoms with van der Waals surface area (Å²) >= 11 is 0. The maximum atomic E-state index is 12.1. The molecule has 2 atom stereocenters. The molecule has 0 spiro atoms. The van der Waals surface area contributed by atoms with Crippen molar-refractivity contribution in [3.8, 4) is 11.1 Å². The van der Waals surface area contributed by atoms with Gasteiger partial charge < -0.3 is 9.47 Å². The summed E-state index contributed by atoms with van der Waals surface area (Å²) in [5, 5.41) is 2.44. The first-order valence-corrected chi connectivity index (χ1v) is 12.1. The zero-order chi connectivity index (χ0) is 23.4. The third kappa shape index (κ3) is 5.11. The van der Waals surface area contributed by atoms with Gasteiger partial charge in [0, 0.05) is 12.8 Å². The predicted molar refractivity (Wildman–Crippen MR) is 131 cm³/mol. The first-order valence-electron chi connectivity index (χ1n) is 12.1. The number of carbonyl (C=O) groups excluding carboxylic acids is 2. The molecule has 1 aliphatic carbocycles. The third-order valence-corrected chi connectivity index (χ3v) is 6.37. The molecule has 4 rings (SSSR count). The Balaban J connectivity index is 1.71. The maximum Gasteiger partial charge on any atom is 0.306 e. The van der Waals surface area contributed by atoms with E-state index >= 15 is 0 Å². The van der Waals surface area contributed by atoms with Crippen LogP contribution in [0.2, 0.25) is 0 Å². The molecular weight excluding hydrogens is 412 g/mol. The number of hydrogen-bond acceptors (Lipinski definition) is 4. The highest BCUT2D eigenvalue weighted by molar-refractivity contribution is 5.88. The Kier molecular flexibility index (Phi) is 7.12. The van der Waals surface area contributed by atoms with Gasteiger partial charge in [0.05, 0.1) is 0 Å². The van der Waals surface area contributed by atoms with Crippen LogP contribution in [0.15, 0.2) is 54.6 Å². The smallest absolute Gasteiger partial charge is 0.306 e. The second-order valence-electron chi connectivity index (χ2n) is 8.73. The van der Waals surface area contributed by atoms with Gasteiger partial charge in [-0.05, 0) is 70.0 Å². The highest BCUT2D eigenvalue weighted by atomic mass is 16.6. The summed E-state index contributed by atoms with van der Waals surface area (Å²) in [5.74, 6) is -0.426. The monoisotopic (exact) mass is 444 g/mol. The van der Waals surface area contributed by atoms with Crippen LogP contribution in [0.5, 0.6) is 0 Å². The molecule has 0 saturated heterocycles. The van der Waals surface area contributed by atoms with E-state index < -0.39 is 0 Å². The molecule has 4 heteroatoms. The number of benzene rings is 3. The van der Waals surface area contributed by atoms with Gasteiger partial charge in [-0.25, -0.2) is 0 Å². The quantitative estimate of drug-likeness (QED) is 0.360. The lowest BCUT2D eigenvalue weighted by Gasteiger charge is -2.31. The van der Waals surface area contributed by atoms with Gasteiger partial charge in [0.25, 0.3) is 0 Å². The molecule has 2 unspecified atom stereocenters. The molecular formula is C29H32O4. The van der Waals surface area contributed by atoms with Crippen LogP contribution in [-0.2, 0) is 25.5 Å². The number of carbonyl (C=O) groups is 2. The molecule has 0 fully saturated rings. The van der Waals surface area contributed by atoms with E-state index in [0.29, 0.717) is 25.7 Å². The van der Waals surface area contributed by atoms with E-state index in [-0.39, 0.29) is 24.1 Å². The fraction of sp³-hybridized carbons (Fsp3) is 0.379. The summed E-state index contributed by atoms with van der Waals surface area (Å²) in [4.78, 5) is 24.0. The van der Waals surface area contributed by atoms with Crippen LogP contribution in [0.4, 0.5) is 0 Å². The van der Waals surface area contributed by atoms with Crippen molar-refractivity contribution in [1.82, 2.24) is 0 Å². The zero-order valence-corrected chi connectivity index (χ0v) is 19.7. The van der Waals surface area contributed by atoms with Crippen molar-refractivity contribution in [2.75, 3.05) is 0 Å².